The van der Waals surface area contributed by atoms with Gasteiger partial charge in [-0.3, -0.25) is 9.36 Å². The second kappa shape index (κ2) is 6.41. The highest BCUT2D eigenvalue weighted by molar-refractivity contribution is 5.42. The van der Waals surface area contributed by atoms with E-state index in [1.54, 1.807) is 33.3 Å². The largest absolute Gasteiger partial charge is 0.497 e. The molecule has 2 N–H and O–H groups in total. The van der Waals surface area contributed by atoms with Crippen LogP contribution in [0.5, 0.6) is 11.5 Å². The van der Waals surface area contributed by atoms with E-state index in [0.717, 1.165) is 5.56 Å². The van der Waals surface area contributed by atoms with Crippen LogP contribution in [-0.2, 0) is 6.54 Å². The fraction of sp³-hybridized carbons (Fsp3) is 0.333. The molecule has 1 aromatic carbocycles. The molecule has 1 aromatic heterocycles. The second-order valence-corrected chi connectivity index (χ2v) is 4.74. The zero-order valence-electron chi connectivity index (χ0n) is 12.4. The first-order valence-corrected chi connectivity index (χ1v) is 6.55. The van der Waals surface area contributed by atoms with Crippen molar-refractivity contribution >= 4 is 0 Å². The third-order valence-corrected chi connectivity index (χ3v) is 3.25. The van der Waals surface area contributed by atoms with Crippen LogP contribution in [0.1, 0.15) is 17.3 Å². The minimum absolute atomic E-state index is 0.125. The summed E-state index contributed by atoms with van der Waals surface area (Å²) in [5.41, 5.74) is 7.55. The number of nitrogens with zero attached hydrogens (tertiary/aromatic N) is 2. The molecule has 6 nitrogen and oxygen atoms in total. The lowest BCUT2D eigenvalue weighted by Gasteiger charge is -2.17. The van der Waals surface area contributed by atoms with Gasteiger partial charge in [0.15, 0.2) is 0 Å². The van der Waals surface area contributed by atoms with Crippen molar-refractivity contribution in [3.05, 3.63) is 52.2 Å². The highest BCUT2D eigenvalue weighted by atomic mass is 16.5. The maximum atomic E-state index is 11.9. The second-order valence-electron chi connectivity index (χ2n) is 4.74. The highest BCUT2D eigenvalue weighted by Crippen LogP contribution is 2.28. The van der Waals surface area contributed by atoms with Crippen molar-refractivity contribution in [3.63, 3.8) is 0 Å². The lowest BCUT2D eigenvalue weighted by atomic mass is 10.1. The average molecular weight is 289 g/mol. The number of benzene rings is 1. The van der Waals surface area contributed by atoms with Crippen LogP contribution < -0.4 is 20.8 Å². The van der Waals surface area contributed by atoms with Crippen LogP contribution in [0.15, 0.2) is 35.4 Å². The van der Waals surface area contributed by atoms with Crippen LogP contribution in [0.2, 0.25) is 0 Å². The van der Waals surface area contributed by atoms with Gasteiger partial charge in [-0.05, 0) is 25.1 Å². The molecule has 0 aliphatic heterocycles. The molecule has 112 valence electrons. The van der Waals surface area contributed by atoms with Gasteiger partial charge in [0, 0.05) is 23.9 Å². The first-order chi connectivity index (χ1) is 10.0. The lowest BCUT2D eigenvalue weighted by molar-refractivity contribution is 0.391. The molecular weight excluding hydrogens is 270 g/mol. The molecule has 0 saturated heterocycles. The molecule has 0 amide bonds. The number of aryl methyl sites for hydroxylation is 1. The predicted octanol–water partition coefficient (Wildman–Crippen LogP) is 1.27. The minimum Gasteiger partial charge on any atom is -0.497 e. The van der Waals surface area contributed by atoms with E-state index in [-0.39, 0.29) is 5.56 Å². The molecule has 1 atom stereocenters. The highest BCUT2D eigenvalue weighted by Gasteiger charge is 2.14. The Kier molecular flexibility index (Phi) is 4.59. The Bertz CT molecular complexity index is 682. The Balaban J connectivity index is 2.31. The Hall–Kier alpha value is -2.34. The number of aromatic nitrogens is 2. The molecule has 6 heteroatoms. The van der Waals surface area contributed by atoms with Crippen molar-refractivity contribution < 1.29 is 9.47 Å². The van der Waals surface area contributed by atoms with Crippen LogP contribution in [0.25, 0.3) is 0 Å². The first kappa shape index (κ1) is 15.1. The van der Waals surface area contributed by atoms with Gasteiger partial charge in [-0.2, -0.15) is 0 Å². The van der Waals surface area contributed by atoms with Gasteiger partial charge in [-0.1, -0.05) is 0 Å². The maximum Gasteiger partial charge on any atom is 0.253 e. The summed E-state index contributed by atoms with van der Waals surface area (Å²) in [6, 6.07) is 6.49. The number of rotatable bonds is 5. The molecular formula is C15H19N3O3. The van der Waals surface area contributed by atoms with E-state index in [4.69, 9.17) is 15.2 Å². The average Bonchev–Trinajstić information content (AvgIpc) is 2.49. The SMILES string of the molecule is COc1ccc(OC)c(C(N)Cn2cnc(C)cc2=O)c1. The van der Waals surface area contributed by atoms with Crippen LogP contribution in [-0.4, -0.2) is 23.8 Å². The van der Waals surface area contributed by atoms with Gasteiger partial charge >= 0.3 is 0 Å². The van der Waals surface area contributed by atoms with Gasteiger partial charge in [0.2, 0.25) is 0 Å². The van der Waals surface area contributed by atoms with Crippen molar-refractivity contribution in [1.82, 2.24) is 9.55 Å². The van der Waals surface area contributed by atoms with Crippen LogP contribution >= 0.6 is 0 Å². The van der Waals surface area contributed by atoms with E-state index in [1.807, 2.05) is 6.07 Å². The molecule has 0 aliphatic carbocycles. The van der Waals surface area contributed by atoms with E-state index >= 15 is 0 Å². The normalized spacial score (nSPS) is 12.0. The predicted molar refractivity (Wildman–Crippen MR) is 79.7 cm³/mol. The van der Waals surface area contributed by atoms with Crippen LogP contribution in [0.3, 0.4) is 0 Å². The molecule has 2 rings (SSSR count). The molecule has 1 unspecified atom stereocenters. The quantitative estimate of drug-likeness (QED) is 0.896. The number of nitrogens with two attached hydrogens (primary N) is 1. The Morgan fingerprint density at radius 3 is 2.67 bits per heavy atom. The van der Waals surface area contributed by atoms with E-state index in [2.05, 4.69) is 4.98 Å². The Labute approximate surface area is 123 Å². The van der Waals surface area contributed by atoms with E-state index in [1.165, 1.54) is 17.0 Å². The van der Waals surface area contributed by atoms with Gasteiger partial charge < -0.3 is 15.2 Å². The first-order valence-electron chi connectivity index (χ1n) is 6.55. The fourth-order valence-corrected chi connectivity index (χ4v) is 2.09. The van der Waals surface area contributed by atoms with E-state index < -0.39 is 6.04 Å². The standard InChI is InChI=1S/C15H19N3O3/c1-10-6-15(19)18(9-17-10)8-13(16)12-7-11(20-2)4-5-14(12)21-3/h4-7,9,13H,8,16H2,1-3H3. The third kappa shape index (κ3) is 3.41. The van der Waals surface area contributed by atoms with Crippen molar-refractivity contribution in [2.24, 2.45) is 5.73 Å². The van der Waals surface area contributed by atoms with Crippen molar-refractivity contribution in [2.45, 2.75) is 19.5 Å². The van der Waals surface area contributed by atoms with E-state index in [9.17, 15) is 4.79 Å². The molecule has 0 saturated carbocycles. The summed E-state index contributed by atoms with van der Waals surface area (Å²) in [7, 11) is 3.17. The molecule has 0 fully saturated rings. The van der Waals surface area contributed by atoms with Crippen molar-refractivity contribution in [1.29, 1.82) is 0 Å². The van der Waals surface area contributed by atoms with E-state index in [0.29, 0.717) is 23.7 Å². The molecule has 0 spiro atoms. The van der Waals surface area contributed by atoms with Gasteiger partial charge in [0.1, 0.15) is 11.5 Å². The van der Waals surface area contributed by atoms with Crippen LogP contribution in [0.4, 0.5) is 0 Å². The maximum absolute atomic E-state index is 11.9. The molecule has 0 radical (unpaired) electrons. The topological polar surface area (TPSA) is 79.4 Å². The number of hydrogen-bond acceptors (Lipinski definition) is 5. The minimum atomic E-state index is -0.405. The lowest BCUT2D eigenvalue weighted by Crippen LogP contribution is -2.27. The fourth-order valence-electron chi connectivity index (χ4n) is 2.09. The van der Waals surface area contributed by atoms with Gasteiger partial charge in [-0.25, -0.2) is 4.98 Å². The summed E-state index contributed by atoms with van der Waals surface area (Å²) in [6.45, 7) is 2.09. The van der Waals surface area contributed by atoms with Gasteiger partial charge in [-0.15, -0.1) is 0 Å². The van der Waals surface area contributed by atoms with Crippen molar-refractivity contribution in [3.8, 4) is 11.5 Å². The summed E-state index contributed by atoms with van der Waals surface area (Å²) in [4.78, 5) is 16.0. The zero-order chi connectivity index (χ0) is 15.4. The summed E-state index contributed by atoms with van der Waals surface area (Å²) < 4.78 is 12.0. The number of methoxy groups -OCH3 is 2. The van der Waals surface area contributed by atoms with Crippen LogP contribution in [0, 0.1) is 6.92 Å². The molecule has 1 heterocycles. The smallest absolute Gasteiger partial charge is 0.253 e. The number of hydrogen-bond donors (Lipinski definition) is 1. The van der Waals surface area contributed by atoms with Gasteiger partial charge in [0.05, 0.1) is 26.6 Å². The zero-order valence-corrected chi connectivity index (χ0v) is 12.4. The monoisotopic (exact) mass is 289 g/mol. The summed E-state index contributed by atoms with van der Waals surface area (Å²) >= 11 is 0. The van der Waals surface area contributed by atoms with Crippen molar-refractivity contribution in [2.75, 3.05) is 14.2 Å². The summed E-state index contributed by atoms with van der Waals surface area (Å²) in [6.07, 6.45) is 1.50. The Morgan fingerprint density at radius 1 is 1.29 bits per heavy atom. The molecule has 0 bridgehead atoms. The van der Waals surface area contributed by atoms with Gasteiger partial charge in [0.25, 0.3) is 5.56 Å². The Morgan fingerprint density at radius 2 is 2.05 bits per heavy atom. The summed E-state index contributed by atoms with van der Waals surface area (Å²) in [5.74, 6) is 1.35. The summed E-state index contributed by atoms with van der Waals surface area (Å²) in [5, 5.41) is 0. The third-order valence-electron chi connectivity index (χ3n) is 3.25. The molecule has 2 aromatic rings. The number of ether oxygens (including phenoxy) is 2. The molecule has 21 heavy (non-hydrogen) atoms. The molecule has 0 aliphatic rings.